The number of hydrogen-bond donors (Lipinski definition) is 2. The van der Waals surface area contributed by atoms with E-state index < -0.39 is 0 Å². The molecule has 26 heavy (non-hydrogen) atoms. The number of amides is 1. The van der Waals surface area contributed by atoms with E-state index >= 15 is 0 Å². The van der Waals surface area contributed by atoms with Gasteiger partial charge in [0.05, 0.1) is 27.6 Å². The Labute approximate surface area is 156 Å². The zero-order valence-electron chi connectivity index (χ0n) is 14.2. The molecule has 130 valence electrons. The van der Waals surface area contributed by atoms with Gasteiger partial charge in [-0.25, -0.2) is 4.98 Å². The maximum Gasteiger partial charge on any atom is 0.257 e. The van der Waals surface area contributed by atoms with E-state index in [0.717, 1.165) is 10.6 Å². The van der Waals surface area contributed by atoms with E-state index in [9.17, 15) is 4.79 Å². The zero-order valence-corrected chi connectivity index (χ0v) is 15.0. The molecular formula is C21H19N3OS. The summed E-state index contributed by atoms with van der Waals surface area (Å²) in [5.41, 5.74) is 8.99. The monoisotopic (exact) mass is 361 g/mol. The maximum absolute atomic E-state index is 12.4. The number of nitrogens with two attached hydrogens (primary N) is 1. The molecule has 0 fully saturated rings. The first-order valence-corrected chi connectivity index (χ1v) is 9.02. The van der Waals surface area contributed by atoms with Crippen molar-refractivity contribution in [2.45, 2.75) is 6.42 Å². The minimum absolute atomic E-state index is 0.306. The second-order valence-corrected chi connectivity index (χ2v) is 6.61. The van der Waals surface area contributed by atoms with Crippen LogP contribution in [0.15, 0.2) is 72.6 Å². The molecule has 0 saturated carbocycles. The zero-order chi connectivity index (χ0) is 18.4. The Morgan fingerprint density at radius 3 is 2.65 bits per heavy atom. The van der Waals surface area contributed by atoms with Crippen LogP contribution in [0.4, 0.5) is 11.4 Å². The first kappa shape index (κ1) is 17.6. The maximum atomic E-state index is 12.4. The van der Waals surface area contributed by atoms with E-state index in [-0.39, 0.29) is 5.91 Å². The number of nitrogens with one attached hydrogen (secondary N) is 1. The fourth-order valence-corrected chi connectivity index (χ4v) is 3.11. The number of para-hydroxylation sites is 2. The second kappa shape index (κ2) is 8.27. The number of allylic oxidation sites excluding steroid dienone is 1. The van der Waals surface area contributed by atoms with Crippen LogP contribution in [0.25, 0.3) is 11.6 Å². The Bertz CT molecular complexity index is 945. The third-order valence-corrected chi connectivity index (χ3v) is 4.62. The number of carbonyl (C=O) groups excluding carboxylic acids is 1. The topological polar surface area (TPSA) is 68.0 Å². The molecule has 1 amide bonds. The molecule has 0 aliphatic rings. The largest absolute Gasteiger partial charge is 0.397 e. The smallest absolute Gasteiger partial charge is 0.257 e. The first-order valence-electron chi connectivity index (χ1n) is 8.14. The molecule has 4 nitrogen and oxygen atoms in total. The molecule has 5 heteroatoms. The van der Waals surface area contributed by atoms with E-state index in [1.165, 1.54) is 11.3 Å². The number of nitrogens with zero attached hydrogens (tertiary/aromatic N) is 1. The lowest BCUT2D eigenvalue weighted by atomic mass is 10.2. The summed E-state index contributed by atoms with van der Waals surface area (Å²) in [6.45, 7) is 3.87. The van der Waals surface area contributed by atoms with Gasteiger partial charge in [-0.3, -0.25) is 4.79 Å². The average molecular weight is 361 g/mol. The number of rotatable bonds is 6. The molecule has 0 aliphatic carbocycles. The van der Waals surface area contributed by atoms with Gasteiger partial charge < -0.3 is 11.1 Å². The lowest BCUT2D eigenvalue weighted by molar-refractivity contribution is -0.111. The molecule has 0 radical (unpaired) electrons. The van der Waals surface area contributed by atoms with Crippen molar-refractivity contribution in [2.24, 2.45) is 0 Å². The number of anilines is 2. The van der Waals surface area contributed by atoms with Gasteiger partial charge in [-0.2, -0.15) is 0 Å². The third kappa shape index (κ3) is 4.46. The van der Waals surface area contributed by atoms with Crippen molar-refractivity contribution in [2.75, 3.05) is 11.1 Å². The Balaban J connectivity index is 1.61. The Kier molecular flexibility index (Phi) is 5.61. The van der Waals surface area contributed by atoms with E-state index in [1.807, 2.05) is 47.8 Å². The van der Waals surface area contributed by atoms with Crippen molar-refractivity contribution in [3.63, 3.8) is 0 Å². The summed E-state index contributed by atoms with van der Waals surface area (Å²) in [6, 6.07) is 17.2. The minimum Gasteiger partial charge on any atom is -0.397 e. The van der Waals surface area contributed by atoms with E-state index in [4.69, 9.17) is 5.73 Å². The van der Waals surface area contributed by atoms with Crippen LogP contribution in [-0.2, 0) is 11.2 Å². The molecule has 0 aliphatic heterocycles. The van der Waals surface area contributed by atoms with Crippen molar-refractivity contribution >= 4 is 40.3 Å². The van der Waals surface area contributed by atoms with Crippen molar-refractivity contribution in [1.29, 1.82) is 0 Å². The van der Waals surface area contributed by atoms with E-state index in [1.54, 1.807) is 12.1 Å². The molecule has 1 aromatic heterocycles. The van der Waals surface area contributed by atoms with Gasteiger partial charge >= 0.3 is 0 Å². The number of carbonyl (C=O) groups is 1. The minimum atomic E-state index is -0.306. The van der Waals surface area contributed by atoms with Crippen LogP contribution in [0.3, 0.4) is 0 Å². The van der Waals surface area contributed by atoms with Gasteiger partial charge in [-0.1, -0.05) is 61.2 Å². The molecule has 1 heterocycles. The fourth-order valence-electron chi connectivity index (χ4n) is 2.33. The molecule has 0 saturated heterocycles. The van der Waals surface area contributed by atoms with Crippen LogP contribution in [0, 0.1) is 0 Å². The molecule has 2 aromatic carbocycles. The summed E-state index contributed by atoms with van der Waals surface area (Å²) in [5.74, 6) is -0.306. The molecular weight excluding hydrogens is 342 g/mol. The standard InChI is InChI=1S/C21H19N3OS/c1-15(21(25)24-18-12-6-5-11-17(18)22)19-14-26-20(23-19)13-7-10-16-8-3-2-4-9-16/h2-12,14H,1,13,22H2,(H,24,25)/b10-7+. The Hall–Kier alpha value is -3.18. The number of benzene rings is 2. The Morgan fingerprint density at radius 1 is 1.15 bits per heavy atom. The highest BCUT2D eigenvalue weighted by Gasteiger charge is 2.14. The lowest BCUT2D eigenvalue weighted by Crippen LogP contribution is -2.14. The van der Waals surface area contributed by atoms with E-state index in [0.29, 0.717) is 29.1 Å². The summed E-state index contributed by atoms with van der Waals surface area (Å²) in [4.78, 5) is 16.9. The van der Waals surface area contributed by atoms with E-state index in [2.05, 4.69) is 29.0 Å². The predicted molar refractivity (Wildman–Crippen MR) is 110 cm³/mol. The predicted octanol–water partition coefficient (Wildman–Crippen LogP) is 4.63. The Morgan fingerprint density at radius 2 is 1.88 bits per heavy atom. The number of nitrogen functional groups attached to an aromatic ring is 1. The third-order valence-electron chi connectivity index (χ3n) is 3.75. The fraction of sp³-hybridized carbons (Fsp3) is 0.0476. The highest BCUT2D eigenvalue weighted by atomic mass is 32.1. The lowest BCUT2D eigenvalue weighted by Gasteiger charge is -2.08. The van der Waals surface area contributed by atoms with Crippen LogP contribution in [-0.4, -0.2) is 10.9 Å². The van der Waals surface area contributed by atoms with Crippen LogP contribution < -0.4 is 11.1 Å². The highest BCUT2D eigenvalue weighted by Crippen LogP contribution is 2.22. The van der Waals surface area contributed by atoms with Gasteiger partial charge in [-0.15, -0.1) is 11.3 Å². The molecule has 3 aromatic rings. The second-order valence-electron chi connectivity index (χ2n) is 5.66. The highest BCUT2D eigenvalue weighted by molar-refractivity contribution is 7.09. The normalized spacial score (nSPS) is 10.8. The van der Waals surface area contributed by atoms with Gasteiger partial charge in [0.15, 0.2) is 0 Å². The van der Waals surface area contributed by atoms with Gasteiger partial charge in [0.2, 0.25) is 0 Å². The number of hydrogen-bond acceptors (Lipinski definition) is 4. The van der Waals surface area contributed by atoms with Crippen molar-refractivity contribution in [1.82, 2.24) is 4.98 Å². The molecule has 3 N–H and O–H groups in total. The quantitative estimate of drug-likeness (QED) is 0.497. The summed E-state index contributed by atoms with van der Waals surface area (Å²) in [7, 11) is 0. The van der Waals surface area contributed by atoms with Gasteiger partial charge in [0.1, 0.15) is 0 Å². The SMILES string of the molecule is C=C(C(=O)Nc1ccccc1N)c1csc(C/C=C/c2ccccc2)n1. The van der Waals surface area contributed by atoms with Crippen molar-refractivity contribution in [3.05, 3.63) is 88.9 Å². The summed E-state index contributed by atoms with van der Waals surface area (Å²) >= 11 is 1.51. The number of thiazole rings is 1. The molecule has 3 rings (SSSR count). The van der Waals surface area contributed by atoms with Crippen molar-refractivity contribution in [3.8, 4) is 0 Å². The first-order chi connectivity index (χ1) is 12.6. The summed E-state index contributed by atoms with van der Waals surface area (Å²) in [5, 5.41) is 5.55. The van der Waals surface area contributed by atoms with Crippen LogP contribution in [0.5, 0.6) is 0 Å². The van der Waals surface area contributed by atoms with Gasteiger partial charge in [0, 0.05) is 11.8 Å². The number of aromatic nitrogens is 1. The summed E-state index contributed by atoms with van der Waals surface area (Å²) in [6.07, 6.45) is 4.83. The van der Waals surface area contributed by atoms with Crippen LogP contribution >= 0.6 is 11.3 Å². The molecule has 0 spiro atoms. The van der Waals surface area contributed by atoms with Crippen LogP contribution in [0.1, 0.15) is 16.3 Å². The molecule has 0 unspecified atom stereocenters. The van der Waals surface area contributed by atoms with Gasteiger partial charge in [-0.05, 0) is 17.7 Å². The average Bonchev–Trinajstić information content (AvgIpc) is 3.12. The summed E-state index contributed by atoms with van der Waals surface area (Å²) < 4.78 is 0. The van der Waals surface area contributed by atoms with Crippen molar-refractivity contribution < 1.29 is 4.79 Å². The molecule has 0 atom stereocenters. The van der Waals surface area contributed by atoms with Gasteiger partial charge in [0.25, 0.3) is 5.91 Å². The molecule has 0 bridgehead atoms. The van der Waals surface area contributed by atoms with Crippen LogP contribution in [0.2, 0.25) is 0 Å².